The van der Waals surface area contributed by atoms with Gasteiger partial charge in [0.15, 0.2) is 5.11 Å². The maximum Gasteiger partial charge on any atom is 0.184 e. The first-order valence-corrected chi connectivity index (χ1v) is 9.99. The molecule has 0 aliphatic carbocycles. The minimum absolute atomic E-state index is 0.00323. The molecule has 0 aromatic heterocycles. The molecule has 3 rings (SSSR count). The lowest BCUT2D eigenvalue weighted by Crippen LogP contribution is -2.32. The molecule has 0 amide bonds. The summed E-state index contributed by atoms with van der Waals surface area (Å²) in [7, 11) is 0. The summed E-state index contributed by atoms with van der Waals surface area (Å²) < 4.78 is 28.9. The van der Waals surface area contributed by atoms with Crippen molar-refractivity contribution in [1.29, 1.82) is 0 Å². The minimum Gasteiger partial charge on any atom is -0.375 e. The normalized spacial score (nSPS) is 16.6. The van der Waals surface area contributed by atoms with Gasteiger partial charge in [-0.15, -0.1) is 0 Å². The zero-order valence-electron chi connectivity index (χ0n) is 15.3. The minimum atomic E-state index is -0.581. The Balaban J connectivity index is 1.61. The van der Waals surface area contributed by atoms with Crippen LogP contribution in [0.3, 0.4) is 0 Å². The topological polar surface area (TPSA) is 65.7 Å². The van der Waals surface area contributed by atoms with Gasteiger partial charge in [0.05, 0.1) is 21.9 Å². The van der Waals surface area contributed by atoms with E-state index in [0.717, 1.165) is 24.3 Å². The fraction of sp³-hybridized carbons (Fsp3) is 0.263. The van der Waals surface area contributed by atoms with E-state index in [-0.39, 0.29) is 22.4 Å². The molecular weight excluding hydrogens is 439 g/mol. The van der Waals surface area contributed by atoms with Crippen LogP contribution in [0, 0.1) is 11.6 Å². The van der Waals surface area contributed by atoms with Crippen molar-refractivity contribution in [2.24, 2.45) is 10.8 Å². The Kier molecular flexibility index (Phi) is 7.23. The maximum atomic E-state index is 14.5. The molecule has 0 radical (unpaired) electrons. The second-order valence-corrected chi connectivity index (χ2v) is 7.87. The molecule has 154 valence electrons. The van der Waals surface area contributed by atoms with Crippen LogP contribution in [0.1, 0.15) is 17.5 Å². The van der Waals surface area contributed by atoms with Gasteiger partial charge in [-0.2, -0.15) is 5.10 Å². The second kappa shape index (κ2) is 9.67. The van der Waals surface area contributed by atoms with Crippen LogP contribution in [-0.4, -0.2) is 30.5 Å². The smallest absolute Gasteiger partial charge is 0.184 e. The van der Waals surface area contributed by atoms with E-state index in [4.69, 9.17) is 28.9 Å². The largest absolute Gasteiger partial charge is 0.375 e. The lowest BCUT2D eigenvalue weighted by molar-refractivity contribution is 0.550. The molecule has 0 spiro atoms. The van der Waals surface area contributed by atoms with Crippen molar-refractivity contribution in [3.05, 3.63) is 63.1 Å². The van der Waals surface area contributed by atoms with E-state index in [2.05, 4.69) is 28.1 Å². The van der Waals surface area contributed by atoms with E-state index in [1.807, 2.05) is 17.0 Å². The Hall–Kier alpha value is -2.00. The van der Waals surface area contributed by atoms with Crippen molar-refractivity contribution in [3.63, 3.8) is 0 Å². The molecule has 0 saturated carbocycles. The van der Waals surface area contributed by atoms with Gasteiger partial charge in [0.2, 0.25) is 0 Å². The third kappa shape index (κ3) is 5.76. The fourth-order valence-corrected chi connectivity index (χ4v) is 3.49. The van der Waals surface area contributed by atoms with E-state index >= 15 is 0 Å². The fourth-order valence-electron chi connectivity index (χ4n) is 3.12. The predicted molar refractivity (Wildman–Crippen MR) is 118 cm³/mol. The highest BCUT2D eigenvalue weighted by molar-refractivity contribution is 7.80. The molecule has 0 unspecified atom stereocenters. The number of halogens is 4. The average molecular weight is 458 g/mol. The molecule has 1 aliphatic rings. The first-order chi connectivity index (χ1) is 13.8. The number of rotatable bonds is 6. The lowest BCUT2D eigenvalue weighted by Gasteiger charge is -2.20. The van der Waals surface area contributed by atoms with Crippen LogP contribution in [0.4, 0.5) is 14.5 Å². The van der Waals surface area contributed by atoms with Gasteiger partial charge in [-0.3, -0.25) is 5.43 Å². The van der Waals surface area contributed by atoms with Crippen LogP contribution >= 0.6 is 35.4 Å². The van der Waals surface area contributed by atoms with Gasteiger partial charge in [-0.1, -0.05) is 29.3 Å². The molecule has 1 heterocycles. The molecule has 1 saturated heterocycles. The quantitative estimate of drug-likeness (QED) is 0.349. The summed E-state index contributed by atoms with van der Waals surface area (Å²) >= 11 is 16.6. The van der Waals surface area contributed by atoms with E-state index in [1.54, 1.807) is 6.07 Å². The Labute approximate surface area is 182 Å². The number of nitrogens with two attached hydrogens (primary N) is 1. The van der Waals surface area contributed by atoms with E-state index in [9.17, 15) is 8.78 Å². The van der Waals surface area contributed by atoms with Crippen LogP contribution in [0.5, 0.6) is 0 Å². The summed E-state index contributed by atoms with van der Waals surface area (Å²) in [6.07, 6.45) is 1.94. The van der Waals surface area contributed by atoms with Crippen LogP contribution in [0.15, 0.2) is 35.4 Å². The van der Waals surface area contributed by atoms with Crippen LogP contribution < -0.4 is 21.4 Å². The molecule has 1 fully saturated rings. The molecule has 10 heteroatoms. The predicted octanol–water partition coefficient (Wildman–Crippen LogP) is 3.81. The molecule has 5 nitrogen and oxygen atoms in total. The van der Waals surface area contributed by atoms with Gasteiger partial charge >= 0.3 is 0 Å². The maximum absolute atomic E-state index is 14.5. The van der Waals surface area contributed by atoms with Crippen molar-refractivity contribution in [2.75, 3.05) is 18.0 Å². The number of hydrazone groups is 1. The van der Waals surface area contributed by atoms with Crippen LogP contribution in [-0.2, 0) is 6.54 Å². The number of anilines is 1. The monoisotopic (exact) mass is 457 g/mol. The van der Waals surface area contributed by atoms with Gasteiger partial charge in [-0.25, -0.2) is 8.78 Å². The number of benzene rings is 2. The summed E-state index contributed by atoms with van der Waals surface area (Å²) in [4.78, 5) is 1.82. The zero-order chi connectivity index (χ0) is 21.0. The van der Waals surface area contributed by atoms with Crippen molar-refractivity contribution < 1.29 is 8.78 Å². The number of nitrogens with zero attached hydrogens (tertiary/aromatic N) is 2. The summed E-state index contributed by atoms with van der Waals surface area (Å²) in [6.45, 7) is 1.79. The average Bonchev–Trinajstić information content (AvgIpc) is 3.13. The summed E-state index contributed by atoms with van der Waals surface area (Å²) in [5, 5.41) is 8.03. The summed E-state index contributed by atoms with van der Waals surface area (Å²) in [5.41, 5.74) is 8.77. The SMILES string of the molecule is NC(=S)N/N=C/c1cc(F)c(N2CC[C@H](NCc3ccc(Cl)c(Cl)c3)C2)cc1F. The molecule has 2 aromatic rings. The molecular formula is C19H19Cl2F2N5S. The Morgan fingerprint density at radius 2 is 2.03 bits per heavy atom. The molecule has 2 aromatic carbocycles. The van der Waals surface area contributed by atoms with Crippen LogP contribution in [0.2, 0.25) is 10.0 Å². The van der Waals surface area contributed by atoms with Gasteiger partial charge in [0.25, 0.3) is 0 Å². The highest BCUT2D eigenvalue weighted by atomic mass is 35.5. The number of thiocarbonyl (C=S) groups is 1. The van der Waals surface area contributed by atoms with Gasteiger partial charge < -0.3 is 16.0 Å². The van der Waals surface area contributed by atoms with Gasteiger partial charge in [0, 0.05) is 37.3 Å². The summed E-state index contributed by atoms with van der Waals surface area (Å²) in [6, 6.07) is 7.88. The third-order valence-electron chi connectivity index (χ3n) is 4.55. The number of nitrogens with one attached hydrogen (secondary N) is 2. The van der Waals surface area contributed by atoms with Crippen molar-refractivity contribution in [2.45, 2.75) is 19.0 Å². The molecule has 4 N–H and O–H groups in total. The lowest BCUT2D eigenvalue weighted by atomic mass is 10.2. The first kappa shape index (κ1) is 21.7. The third-order valence-corrected chi connectivity index (χ3v) is 5.38. The van der Waals surface area contributed by atoms with Crippen molar-refractivity contribution in [1.82, 2.24) is 10.7 Å². The van der Waals surface area contributed by atoms with Gasteiger partial charge in [-0.05, 0) is 42.4 Å². The number of hydrogen-bond donors (Lipinski definition) is 3. The Morgan fingerprint density at radius 1 is 1.24 bits per heavy atom. The van der Waals surface area contributed by atoms with Crippen molar-refractivity contribution >= 4 is 52.4 Å². The van der Waals surface area contributed by atoms with Crippen molar-refractivity contribution in [3.8, 4) is 0 Å². The van der Waals surface area contributed by atoms with E-state index in [0.29, 0.717) is 29.7 Å². The molecule has 1 aliphatic heterocycles. The van der Waals surface area contributed by atoms with E-state index < -0.39 is 11.6 Å². The first-order valence-electron chi connectivity index (χ1n) is 8.83. The zero-order valence-corrected chi connectivity index (χ0v) is 17.6. The standard InChI is InChI=1S/C19H19Cl2F2N5S/c20-14-2-1-11(5-15(14)21)8-25-13-3-4-28(10-13)18-7-16(22)12(6-17(18)23)9-26-27-19(24)29/h1-2,5-7,9,13,25H,3-4,8,10H2,(H3,24,27,29)/b26-9+/t13-/m0/s1. The molecule has 29 heavy (non-hydrogen) atoms. The Bertz CT molecular complexity index is 941. The van der Waals surface area contributed by atoms with E-state index in [1.165, 1.54) is 6.07 Å². The molecule has 1 atom stereocenters. The molecule has 0 bridgehead atoms. The van der Waals surface area contributed by atoms with Crippen LogP contribution in [0.25, 0.3) is 0 Å². The highest BCUT2D eigenvalue weighted by Crippen LogP contribution is 2.27. The Morgan fingerprint density at radius 3 is 2.76 bits per heavy atom. The summed E-state index contributed by atoms with van der Waals surface area (Å²) in [5.74, 6) is -1.10. The second-order valence-electron chi connectivity index (χ2n) is 6.62. The highest BCUT2D eigenvalue weighted by Gasteiger charge is 2.25. The van der Waals surface area contributed by atoms with Gasteiger partial charge in [0.1, 0.15) is 11.6 Å². The number of hydrogen-bond acceptors (Lipinski definition) is 4.